The van der Waals surface area contributed by atoms with E-state index >= 15 is 0 Å². The average molecular weight is 323 g/mol. The van der Waals surface area contributed by atoms with Gasteiger partial charge in [-0.25, -0.2) is 0 Å². The van der Waals surface area contributed by atoms with Gasteiger partial charge in [-0.3, -0.25) is 9.59 Å². The van der Waals surface area contributed by atoms with Crippen LogP contribution in [0.4, 0.5) is 11.4 Å². The molecular formula is C13H11ClN4O2S. The summed E-state index contributed by atoms with van der Waals surface area (Å²) in [7, 11) is 0. The molecule has 108 valence electrons. The first kappa shape index (κ1) is 14.0. The van der Waals surface area contributed by atoms with Crippen LogP contribution in [0.1, 0.15) is 22.6 Å². The van der Waals surface area contributed by atoms with Crippen LogP contribution in [0.5, 0.6) is 0 Å². The molecule has 6 nitrogen and oxygen atoms in total. The lowest BCUT2D eigenvalue weighted by atomic mass is 10.2. The van der Waals surface area contributed by atoms with Crippen molar-refractivity contribution in [3.63, 3.8) is 0 Å². The number of halogens is 1. The Bertz CT molecular complexity index is 682. The summed E-state index contributed by atoms with van der Waals surface area (Å²) in [5.74, 6) is -0.156. The van der Waals surface area contributed by atoms with Gasteiger partial charge in [-0.05, 0) is 48.7 Å². The van der Waals surface area contributed by atoms with Crippen molar-refractivity contribution in [3.8, 4) is 0 Å². The van der Waals surface area contributed by atoms with Crippen LogP contribution in [-0.2, 0) is 4.79 Å². The molecule has 1 aliphatic rings. The standard InChI is InChI=1S/C13H11ClN4O2S/c14-13-18-17-12(21-13)11(20)16-9-5-3-8(4-6-9)15-10(19)7-1-2-7/h3-7H,1-2H2,(H,15,19)(H,16,20). The Hall–Kier alpha value is -1.99. The molecule has 2 amide bonds. The molecule has 1 aromatic heterocycles. The largest absolute Gasteiger partial charge is 0.326 e. The summed E-state index contributed by atoms with van der Waals surface area (Å²) in [6, 6.07) is 6.90. The van der Waals surface area contributed by atoms with Crippen LogP contribution < -0.4 is 10.6 Å². The van der Waals surface area contributed by atoms with Crippen molar-refractivity contribution in [1.82, 2.24) is 10.2 Å². The molecule has 1 saturated carbocycles. The molecule has 0 saturated heterocycles. The number of benzene rings is 1. The molecule has 3 rings (SSSR count). The van der Waals surface area contributed by atoms with Gasteiger partial charge in [-0.1, -0.05) is 11.3 Å². The van der Waals surface area contributed by atoms with E-state index in [0.717, 1.165) is 24.2 Å². The van der Waals surface area contributed by atoms with Gasteiger partial charge in [0.25, 0.3) is 5.91 Å². The monoisotopic (exact) mass is 322 g/mol. The quantitative estimate of drug-likeness (QED) is 0.906. The summed E-state index contributed by atoms with van der Waals surface area (Å²) in [5, 5.41) is 13.0. The Kier molecular flexibility index (Phi) is 3.85. The first-order valence-corrected chi connectivity index (χ1v) is 7.52. The number of rotatable bonds is 4. The first-order chi connectivity index (χ1) is 10.1. The number of hydrogen-bond donors (Lipinski definition) is 2. The minimum atomic E-state index is -0.367. The van der Waals surface area contributed by atoms with Crippen molar-refractivity contribution in [1.29, 1.82) is 0 Å². The van der Waals surface area contributed by atoms with Crippen molar-refractivity contribution >= 4 is 46.1 Å². The normalized spacial score (nSPS) is 13.8. The van der Waals surface area contributed by atoms with Crippen molar-refractivity contribution < 1.29 is 9.59 Å². The molecule has 0 aliphatic heterocycles. The molecule has 0 spiro atoms. The summed E-state index contributed by atoms with van der Waals surface area (Å²) in [5.41, 5.74) is 1.32. The number of nitrogens with one attached hydrogen (secondary N) is 2. The molecule has 1 fully saturated rings. The van der Waals surface area contributed by atoms with E-state index < -0.39 is 0 Å². The van der Waals surface area contributed by atoms with Crippen LogP contribution in [0.15, 0.2) is 24.3 Å². The smallest absolute Gasteiger partial charge is 0.286 e. The van der Waals surface area contributed by atoms with Crippen LogP contribution in [-0.4, -0.2) is 22.0 Å². The Morgan fingerprint density at radius 1 is 1.10 bits per heavy atom. The van der Waals surface area contributed by atoms with Gasteiger partial charge in [0.1, 0.15) is 0 Å². The number of amides is 2. The van der Waals surface area contributed by atoms with Gasteiger partial charge in [0.05, 0.1) is 0 Å². The van der Waals surface area contributed by atoms with E-state index in [4.69, 9.17) is 11.6 Å². The number of carbonyl (C=O) groups excluding carboxylic acids is 2. The van der Waals surface area contributed by atoms with Gasteiger partial charge in [0.2, 0.25) is 15.4 Å². The molecule has 21 heavy (non-hydrogen) atoms. The highest BCUT2D eigenvalue weighted by molar-refractivity contribution is 7.17. The number of hydrogen-bond acceptors (Lipinski definition) is 5. The minimum Gasteiger partial charge on any atom is -0.326 e. The highest BCUT2D eigenvalue weighted by Gasteiger charge is 2.29. The summed E-state index contributed by atoms with van der Waals surface area (Å²) >= 11 is 6.64. The molecular weight excluding hydrogens is 312 g/mol. The lowest BCUT2D eigenvalue weighted by molar-refractivity contribution is -0.117. The second-order valence-corrected chi connectivity index (χ2v) is 6.21. The number of carbonyl (C=O) groups is 2. The van der Waals surface area contributed by atoms with Gasteiger partial charge >= 0.3 is 0 Å². The maximum Gasteiger partial charge on any atom is 0.286 e. The Balaban J connectivity index is 1.61. The van der Waals surface area contributed by atoms with Crippen LogP contribution in [0.3, 0.4) is 0 Å². The zero-order chi connectivity index (χ0) is 14.8. The molecule has 1 aromatic carbocycles. The number of aromatic nitrogens is 2. The molecule has 1 heterocycles. The van der Waals surface area contributed by atoms with Crippen molar-refractivity contribution in [2.24, 2.45) is 5.92 Å². The number of anilines is 2. The van der Waals surface area contributed by atoms with E-state index in [2.05, 4.69) is 20.8 Å². The molecule has 1 aliphatic carbocycles. The van der Waals surface area contributed by atoms with E-state index in [1.54, 1.807) is 24.3 Å². The Labute approximate surface area is 129 Å². The van der Waals surface area contributed by atoms with Gasteiger partial charge in [0.15, 0.2) is 0 Å². The van der Waals surface area contributed by atoms with Gasteiger partial charge in [-0.15, -0.1) is 10.2 Å². The Morgan fingerprint density at radius 3 is 2.24 bits per heavy atom. The zero-order valence-corrected chi connectivity index (χ0v) is 12.4. The fourth-order valence-electron chi connectivity index (χ4n) is 1.71. The second kappa shape index (κ2) is 5.79. The Morgan fingerprint density at radius 2 is 1.71 bits per heavy atom. The molecule has 0 bridgehead atoms. The maximum absolute atomic E-state index is 11.9. The van der Waals surface area contributed by atoms with Crippen LogP contribution >= 0.6 is 22.9 Å². The second-order valence-electron chi connectivity index (χ2n) is 4.66. The van der Waals surface area contributed by atoms with E-state index in [1.807, 2.05) is 0 Å². The predicted molar refractivity (Wildman–Crippen MR) is 80.7 cm³/mol. The van der Waals surface area contributed by atoms with Gasteiger partial charge < -0.3 is 10.6 Å². The summed E-state index contributed by atoms with van der Waals surface area (Å²) in [6.45, 7) is 0. The first-order valence-electron chi connectivity index (χ1n) is 6.33. The fraction of sp³-hybridized carbons (Fsp3) is 0.231. The molecule has 2 aromatic rings. The third-order valence-corrected chi connectivity index (χ3v) is 3.97. The van der Waals surface area contributed by atoms with Gasteiger partial charge in [0, 0.05) is 17.3 Å². The van der Waals surface area contributed by atoms with E-state index in [-0.39, 0.29) is 27.2 Å². The predicted octanol–water partition coefficient (Wildman–Crippen LogP) is 2.79. The highest BCUT2D eigenvalue weighted by Crippen LogP contribution is 2.30. The van der Waals surface area contributed by atoms with E-state index in [1.165, 1.54) is 0 Å². The maximum atomic E-state index is 11.9. The van der Waals surface area contributed by atoms with Crippen LogP contribution in [0.2, 0.25) is 4.47 Å². The number of nitrogens with zero attached hydrogens (tertiary/aromatic N) is 2. The van der Waals surface area contributed by atoms with E-state index in [0.29, 0.717) is 11.4 Å². The van der Waals surface area contributed by atoms with Crippen molar-refractivity contribution in [2.45, 2.75) is 12.8 Å². The summed E-state index contributed by atoms with van der Waals surface area (Å²) < 4.78 is 0.221. The van der Waals surface area contributed by atoms with Crippen LogP contribution in [0, 0.1) is 5.92 Å². The summed E-state index contributed by atoms with van der Waals surface area (Å²) in [6.07, 6.45) is 1.93. The minimum absolute atomic E-state index is 0.0512. The van der Waals surface area contributed by atoms with E-state index in [9.17, 15) is 9.59 Å². The molecule has 2 N–H and O–H groups in total. The molecule has 0 radical (unpaired) electrons. The molecule has 0 unspecified atom stereocenters. The van der Waals surface area contributed by atoms with Crippen molar-refractivity contribution in [3.05, 3.63) is 33.7 Å². The molecule has 8 heteroatoms. The zero-order valence-electron chi connectivity index (χ0n) is 10.8. The van der Waals surface area contributed by atoms with Gasteiger partial charge in [-0.2, -0.15) is 0 Å². The van der Waals surface area contributed by atoms with Crippen LogP contribution in [0.25, 0.3) is 0 Å². The third-order valence-electron chi connectivity index (χ3n) is 2.95. The lowest BCUT2D eigenvalue weighted by Crippen LogP contribution is -2.14. The SMILES string of the molecule is O=C(Nc1ccc(NC(=O)C2CC2)cc1)c1nnc(Cl)s1. The topological polar surface area (TPSA) is 84.0 Å². The van der Waals surface area contributed by atoms with Crippen molar-refractivity contribution in [2.75, 3.05) is 10.6 Å². The fourth-order valence-corrected chi connectivity index (χ4v) is 2.43. The lowest BCUT2D eigenvalue weighted by Gasteiger charge is -2.06. The third kappa shape index (κ3) is 3.56. The summed E-state index contributed by atoms with van der Waals surface area (Å²) in [4.78, 5) is 23.5. The average Bonchev–Trinajstić information content (AvgIpc) is 3.23. The molecule has 0 atom stereocenters. The highest BCUT2D eigenvalue weighted by atomic mass is 35.5.